The summed E-state index contributed by atoms with van der Waals surface area (Å²) in [7, 11) is 1.97. The van der Waals surface area contributed by atoms with Crippen LogP contribution in [0, 0.1) is 0 Å². The quantitative estimate of drug-likeness (QED) is 0.817. The summed E-state index contributed by atoms with van der Waals surface area (Å²) in [6.07, 6.45) is 6.52. The van der Waals surface area contributed by atoms with Gasteiger partial charge in [0, 0.05) is 11.4 Å². The molecule has 0 saturated heterocycles. The maximum atomic E-state index is 11.9. The molecule has 0 bridgehead atoms. The van der Waals surface area contributed by atoms with E-state index in [9.17, 15) is 4.79 Å². The zero-order valence-electron chi connectivity index (χ0n) is 12.3. The topological polar surface area (TPSA) is 45.2 Å². The Morgan fingerprint density at radius 3 is 3.00 bits per heavy atom. The lowest BCUT2D eigenvalue weighted by Gasteiger charge is -2.22. The van der Waals surface area contributed by atoms with Crippen LogP contribution >= 0.6 is 11.3 Å². The van der Waals surface area contributed by atoms with Crippen molar-refractivity contribution in [1.29, 1.82) is 0 Å². The summed E-state index contributed by atoms with van der Waals surface area (Å²) in [6, 6.07) is -0.157. The first kappa shape index (κ1) is 15.2. The van der Waals surface area contributed by atoms with E-state index in [4.69, 9.17) is 4.98 Å². The molecule has 1 aromatic rings. The lowest BCUT2D eigenvalue weighted by Crippen LogP contribution is -2.42. The highest BCUT2D eigenvalue weighted by atomic mass is 32.1. The molecule has 0 fully saturated rings. The number of hydrogen-bond acceptors (Lipinski definition) is 4. The second kappa shape index (κ2) is 6.99. The molecule has 1 unspecified atom stereocenters. The van der Waals surface area contributed by atoms with Gasteiger partial charge in [0.15, 0.2) is 0 Å². The van der Waals surface area contributed by atoms with E-state index in [-0.39, 0.29) is 11.9 Å². The molecule has 0 aliphatic heterocycles. The van der Waals surface area contributed by atoms with E-state index in [1.165, 1.54) is 29.8 Å². The van der Waals surface area contributed by atoms with Gasteiger partial charge >= 0.3 is 0 Å². The number of likely N-dealkylation sites (N-methyl/N-ethyl adjacent to an activating group) is 1. The van der Waals surface area contributed by atoms with Crippen LogP contribution in [0.25, 0.3) is 0 Å². The zero-order chi connectivity index (χ0) is 14.5. The molecule has 1 aromatic heterocycles. The number of thiazole rings is 1. The first-order valence-corrected chi connectivity index (χ1v) is 7.99. The van der Waals surface area contributed by atoms with Crippen molar-refractivity contribution < 1.29 is 4.79 Å². The maximum absolute atomic E-state index is 11.9. The Morgan fingerprint density at radius 2 is 2.30 bits per heavy atom. The Labute approximate surface area is 124 Å². The van der Waals surface area contributed by atoms with Crippen LogP contribution in [0.5, 0.6) is 0 Å². The molecule has 1 aliphatic rings. The number of carbonyl (C=O) groups is 1. The van der Waals surface area contributed by atoms with Crippen molar-refractivity contribution in [3.8, 4) is 0 Å². The van der Waals surface area contributed by atoms with Gasteiger partial charge in [0.2, 0.25) is 5.91 Å². The molecule has 5 heteroatoms. The van der Waals surface area contributed by atoms with Crippen LogP contribution in [-0.4, -0.2) is 35.4 Å². The summed E-state index contributed by atoms with van der Waals surface area (Å²) < 4.78 is 0. The van der Waals surface area contributed by atoms with Crippen molar-refractivity contribution in [1.82, 2.24) is 15.2 Å². The Bertz CT molecular complexity index is 460. The molecule has 1 amide bonds. The summed E-state index contributed by atoms with van der Waals surface area (Å²) in [6.45, 7) is 6.78. The molecular weight excluding hydrogens is 270 g/mol. The predicted octanol–water partition coefficient (Wildman–Crippen LogP) is 2.14. The van der Waals surface area contributed by atoms with Crippen LogP contribution in [0.1, 0.15) is 35.3 Å². The Kier molecular flexibility index (Phi) is 5.31. The average Bonchev–Trinajstić information content (AvgIpc) is 2.85. The van der Waals surface area contributed by atoms with Crippen LogP contribution in [0.15, 0.2) is 12.7 Å². The van der Waals surface area contributed by atoms with Crippen LogP contribution in [0.4, 0.5) is 0 Å². The second-order valence-electron chi connectivity index (χ2n) is 5.31. The summed E-state index contributed by atoms with van der Waals surface area (Å²) in [5, 5.41) is 3.96. The van der Waals surface area contributed by atoms with Crippen molar-refractivity contribution >= 4 is 17.2 Å². The molecule has 0 saturated carbocycles. The number of fused-ring (bicyclic) bond motifs is 1. The van der Waals surface area contributed by atoms with Gasteiger partial charge < -0.3 is 5.32 Å². The van der Waals surface area contributed by atoms with E-state index in [0.29, 0.717) is 6.54 Å². The fraction of sp³-hybridized carbons (Fsp3) is 0.600. The largest absolute Gasteiger partial charge is 0.351 e. The molecule has 20 heavy (non-hydrogen) atoms. The molecule has 1 aliphatic carbocycles. The van der Waals surface area contributed by atoms with Gasteiger partial charge in [-0.3, -0.25) is 9.69 Å². The number of amides is 1. The normalized spacial score (nSPS) is 15.8. The molecule has 1 heterocycles. The van der Waals surface area contributed by atoms with E-state index in [1.807, 2.05) is 30.2 Å². The van der Waals surface area contributed by atoms with E-state index in [2.05, 4.69) is 11.9 Å². The lowest BCUT2D eigenvalue weighted by atomic mass is 10.0. The minimum absolute atomic E-state index is 0.0359. The average molecular weight is 293 g/mol. The lowest BCUT2D eigenvalue weighted by molar-refractivity contribution is -0.125. The molecule has 2 rings (SSSR count). The minimum Gasteiger partial charge on any atom is -0.351 e. The molecular formula is C15H23N3OS. The van der Waals surface area contributed by atoms with E-state index in [1.54, 1.807) is 6.08 Å². The molecule has 0 spiro atoms. The van der Waals surface area contributed by atoms with E-state index >= 15 is 0 Å². The maximum Gasteiger partial charge on any atom is 0.237 e. The summed E-state index contributed by atoms with van der Waals surface area (Å²) in [4.78, 5) is 20.1. The fourth-order valence-electron chi connectivity index (χ4n) is 2.34. The van der Waals surface area contributed by atoms with Crippen LogP contribution in [0.3, 0.4) is 0 Å². The number of rotatable bonds is 6. The standard InChI is InChI=1S/C15H23N3OS/c1-4-9-16-15(19)11(2)18(3)10-14-17-12-7-5-6-8-13(12)20-14/h4,11H,1,5-10H2,2-3H3,(H,16,19). The third-order valence-corrected chi connectivity index (χ3v) is 4.88. The monoisotopic (exact) mass is 293 g/mol. The highest BCUT2D eigenvalue weighted by Gasteiger charge is 2.20. The number of hydrogen-bond donors (Lipinski definition) is 1. The highest BCUT2D eigenvalue weighted by Crippen LogP contribution is 2.27. The number of aryl methyl sites for hydroxylation is 2. The molecule has 1 atom stereocenters. The number of nitrogens with zero attached hydrogens (tertiary/aromatic N) is 2. The van der Waals surface area contributed by atoms with Crippen molar-refractivity contribution in [3.05, 3.63) is 28.2 Å². The van der Waals surface area contributed by atoms with Gasteiger partial charge in [-0.1, -0.05) is 6.08 Å². The van der Waals surface area contributed by atoms with Crippen LogP contribution < -0.4 is 5.32 Å². The van der Waals surface area contributed by atoms with Crippen LogP contribution in [-0.2, 0) is 24.2 Å². The van der Waals surface area contributed by atoms with Crippen molar-refractivity contribution in [3.63, 3.8) is 0 Å². The summed E-state index contributed by atoms with van der Waals surface area (Å²) >= 11 is 1.81. The van der Waals surface area contributed by atoms with Gasteiger partial charge in [-0.05, 0) is 39.7 Å². The second-order valence-corrected chi connectivity index (χ2v) is 6.48. The third kappa shape index (κ3) is 3.67. The summed E-state index contributed by atoms with van der Waals surface area (Å²) in [5.74, 6) is 0.0359. The van der Waals surface area contributed by atoms with Gasteiger partial charge in [0.25, 0.3) is 0 Å². The molecule has 0 radical (unpaired) electrons. The SMILES string of the molecule is C=CCNC(=O)C(C)N(C)Cc1nc2c(s1)CCCC2. The van der Waals surface area contributed by atoms with Gasteiger partial charge in [-0.2, -0.15) is 0 Å². The highest BCUT2D eigenvalue weighted by molar-refractivity contribution is 7.11. The smallest absolute Gasteiger partial charge is 0.237 e. The predicted molar refractivity (Wildman–Crippen MR) is 82.9 cm³/mol. The van der Waals surface area contributed by atoms with Crippen molar-refractivity contribution in [2.75, 3.05) is 13.6 Å². The van der Waals surface area contributed by atoms with E-state index in [0.717, 1.165) is 18.0 Å². The Hall–Kier alpha value is -1.20. The van der Waals surface area contributed by atoms with E-state index < -0.39 is 0 Å². The molecule has 110 valence electrons. The third-order valence-electron chi connectivity index (χ3n) is 3.74. The van der Waals surface area contributed by atoms with Crippen molar-refractivity contribution in [2.24, 2.45) is 0 Å². The van der Waals surface area contributed by atoms with Gasteiger partial charge in [-0.15, -0.1) is 17.9 Å². The Morgan fingerprint density at radius 1 is 1.55 bits per heavy atom. The first-order chi connectivity index (χ1) is 9.61. The molecule has 1 N–H and O–H groups in total. The van der Waals surface area contributed by atoms with Gasteiger partial charge in [0.05, 0.1) is 18.3 Å². The Balaban J connectivity index is 1.93. The van der Waals surface area contributed by atoms with Gasteiger partial charge in [-0.25, -0.2) is 4.98 Å². The van der Waals surface area contributed by atoms with Gasteiger partial charge in [0.1, 0.15) is 5.01 Å². The number of aromatic nitrogens is 1. The minimum atomic E-state index is -0.157. The fourth-order valence-corrected chi connectivity index (χ4v) is 3.56. The van der Waals surface area contributed by atoms with Crippen LogP contribution in [0.2, 0.25) is 0 Å². The molecule has 0 aromatic carbocycles. The zero-order valence-corrected chi connectivity index (χ0v) is 13.1. The molecule has 4 nitrogen and oxygen atoms in total. The number of carbonyl (C=O) groups excluding carboxylic acids is 1. The first-order valence-electron chi connectivity index (χ1n) is 7.18. The van der Waals surface area contributed by atoms with Crippen molar-refractivity contribution in [2.45, 2.75) is 45.2 Å². The summed E-state index contributed by atoms with van der Waals surface area (Å²) in [5.41, 5.74) is 1.29. The number of nitrogens with one attached hydrogen (secondary N) is 1.